The summed E-state index contributed by atoms with van der Waals surface area (Å²) in [5.74, 6) is 0. The standard InChI is InChI=1S/C74H50N2O/c1-5-25-51(26-6-1)73(52-27-7-2-8-28-52)66-44-19-15-40-63(66)71-67(73)45-24-46-68(71)75(55-32-11-4-12-33-55)57-35-22-36-58(50-57)76(69-47-23-41-62-61-39-16-20-48-70(61)77-72(62)69)56-34-21-31-54(49-56)74(53-29-9-3-10-30-53)64-42-17-13-37-59(64)60-38-14-18-43-65(60)74/h1-50H. The number of nitrogens with zero attached hydrogens (tertiary/aromatic N) is 2. The van der Waals surface area contributed by atoms with E-state index in [9.17, 15) is 0 Å². The second kappa shape index (κ2) is 17.9. The lowest BCUT2D eigenvalue weighted by Crippen LogP contribution is -2.28. The molecule has 0 bridgehead atoms. The van der Waals surface area contributed by atoms with E-state index in [1.165, 1.54) is 66.8 Å². The average molecular weight is 983 g/mol. The van der Waals surface area contributed by atoms with Crippen LogP contribution in [0.1, 0.15) is 44.5 Å². The van der Waals surface area contributed by atoms with Crippen LogP contribution >= 0.6 is 0 Å². The number of hydrogen-bond acceptors (Lipinski definition) is 3. The Kier molecular flexibility index (Phi) is 10.3. The predicted molar refractivity (Wildman–Crippen MR) is 318 cm³/mol. The van der Waals surface area contributed by atoms with Gasteiger partial charge in [-0.15, -0.1) is 0 Å². The maximum Gasteiger partial charge on any atom is 0.159 e. The van der Waals surface area contributed by atoms with Gasteiger partial charge in [0.2, 0.25) is 0 Å². The van der Waals surface area contributed by atoms with Crippen LogP contribution in [0.4, 0.5) is 34.1 Å². The summed E-state index contributed by atoms with van der Waals surface area (Å²) < 4.78 is 6.96. The molecule has 0 saturated carbocycles. The van der Waals surface area contributed by atoms with Crippen LogP contribution in [0.15, 0.2) is 308 Å². The van der Waals surface area contributed by atoms with Gasteiger partial charge in [0, 0.05) is 39.1 Å². The summed E-state index contributed by atoms with van der Waals surface area (Å²) in [6, 6.07) is 111. The molecule has 0 saturated heterocycles. The van der Waals surface area contributed by atoms with Crippen molar-refractivity contribution >= 4 is 56.1 Å². The van der Waals surface area contributed by atoms with Crippen molar-refractivity contribution in [2.24, 2.45) is 0 Å². The summed E-state index contributed by atoms with van der Waals surface area (Å²) in [6.07, 6.45) is 0. The second-order valence-corrected chi connectivity index (χ2v) is 20.3. The van der Waals surface area contributed by atoms with Crippen LogP contribution in [0.5, 0.6) is 0 Å². The zero-order chi connectivity index (χ0) is 50.9. The zero-order valence-corrected chi connectivity index (χ0v) is 42.2. The van der Waals surface area contributed by atoms with E-state index in [0.29, 0.717) is 0 Å². The highest BCUT2D eigenvalue weighted by atomic mass is 16.3. The number of anilines is 6. The second-order valence-electron chi connectivity index (χ2n) is 20.3. The van der Waals surface area contributed by atoms with Crippen LogP contribution in [0.2, 0.25) is 0 Å². The molecule has 0 unspecified atom stereocenters. The molecule has 0 radical (unpaired) electrons. The van der Waals surface area contributed by atoms with Crippen molar-refractivity contribution in [2.75, 3.05) is 9.80 Å². The van der Waals surface area contributed by atoms with Crippen molar-refractivity contribution in [1.29, 1.82) is 0 Å². The Balaban J connectivity index is 0.978. The molecule has 0 aliphatic heterocycles. The molecular weight excluding hydrogens is 933 g/mol. The van der Waals surface area contributed by atoms with Gasteiger partial charge >= 0.3 is 0 Å². The van der Waals surface area contributed by atoms with Gasteiger partial charge < -0.3 is 14.2 Å². The molecule has 77 heavy (non-hydrogen) atoms. The SMILES string of the molecule is c1ccc(N(c2cccc(N(c3cccc(C4(c5ccccc5)c5ccccc5-c5ccccc54)c3)c3cccc4c3oc3ccccc34)c2)c2cccc3c2-c2ccccc2C3(c2ccccc2)c2ccccc2)cc1. The van der Waals surface area contributed by atoms with Gasteiger partial charge in [0.25, 0.3) is 0 Å². The zero-order valence-electron chi connectivity index (χ0n) is 42.2. The molecule has 12 aromatic carbocycles. The molecule has 1 heterocycles. The average Bonchev–Trinajstić information content (AvgIpc) is 4.37. The van der Waals surface area contributed by atoms with Crippen LogP contribution in [0.3, 0.4) is 0 Å². The normalized spacial score (nSPS) is 13.4. The first-order chi connectivity index (χ1) is 38.2. The molecule has 0 fully saturated rings. The first-order valence-electron chi connectivity index (χ1n) is 26.6. The van der Waals surface area contributed by atoms with Crippen molar-refractivity contribution in [3.05, 3.63) is 348 Å². The van der Waals surface area contributed by atoms with Gasteiger partial charge in [0.05, 0.1) is 22.2 Å². The fraction of sp³-hybridized carbons (Fsp3) is 0.0270. The lowest BCUT2D eigenvalue weighted by atomic mass is 9.67. The summed E-state index contributed by atoms with van der Waals surface area (Å²) in [6.45, 7) is 0. The lowest BCUT2D eigenvalue weighted by Gasteiger charge is -2.35. The van der Waals surface area contributed by atoms with Crippen molar-refractivity contribution in [1.82, 2.24) is 0 Å². The van der Waals surface area contributed by atoms with Crippen molar-refractivity contribution in [2.45, 2.75) is 10.8 Å². The Morgan fingerprint density at radius 1 is 0.260 bits per heavy atom. The van der Waals surface area contributed by atoms with Gasteiger partial charge in [-0.2, -0.15) is 0 Å². The van der Waals surface area contributed by atoms with Crippen LogP contribution < -0.4 is 9.80 Å². The minimum Gasteiger partial charge on any atom is -0.454 e. The molecule has 0 spiro atoms. The Bertz CT molecular complexity index is 4270. The van der Waals surface area contributed by atoms with Crippen molar-refractivity contribution in [3.8, 4) is 22.3 Å². The Morgan fingerprint density at radius 3 is 1.27 bits per heavy atom. The highest BCUT2D eigenvalue weighted by Gasteiger charge is 2.48. The molecule has 13 aromatic rings. The van der Waals surface area contributed by atoms with E-state index >= 15 is 0 Å². The van der Waals surface area contributed by atoms with Crippen LogP contribution in [0.25, 0.3) is 44.2 Å². The Hall–Kier alpha value is -9.96. The van der Waals surface area contributed by atoms with Gasteiger partial charge in [-0.3, -0.25) is 0 Å². The smallest absolute Gasteiger partial charge is 0.159 e. The third-order valence-corrected chi connectivity index (χ3v) is 16.4. The van der Waals surface area contributed by atoms with E-state index in [0.717, 1.165) is 56.1 Å². The Labute approximate surface area is 448 Å². The molecule has 2 aliphatic rings. The topological polar surface area (TPSA) is 19.6 Å². The van der Waals surface area contributed by atoms with E-state index in [1.807, 2.05) is 0 Å². The molecule has 0 N–H and O–H groups in total. The first-order valence-corrected chi connectivity index (χ1v) is 26.6. The minimum atomic E-state index is -0.591. The van der Waals surface area contributed by atoms with E-state index in [4.69, 9.17) is 4.42 Å². The van der Waals surface area contributed by atoms with Gasteiger partial charge in [-0.05, 0) is 122 Å². The first kappa shape index (κ1) is 44.5. The highest BCUT2D eigenvalue weighted by Crippen LogP contribution is 2.60. The monoisotopic (exact) mass is 982 g/mol. The highest BCUT2D eigenvalue weighted by molar-refractivity contribution is 6.10. The van der Waals surface area contributed by atoms with E-state index < -0.39 is 10.8 Å². The number of hydrogen-bond donors (Lipinski definition) is 0. The number of rotatable bonds is 10. The van der Waals surface area contributed by atoms with Crippen molar-refractivity contribution in [3.63, 3.8) is 0 Å². The molecule has 362 valence electrons. The fourth-order valence-electron chi connectivity index (χ4n) is 13.4. The third-order valence-electron chi connectivity index (χ3n) is 16.4. The number of fused-ring (bicyclic) bond motifs is 9. The number of para-hydroxylation sites is 3. The summed E-state index contributed by atoms with van der Waals surface area (Å²) >= 11 is 0. The number of furan rings is 1. The lowest BCUT2D eigenvalue weighted by molar-refractivity contribution is 0.669. The maximum atomic E-state index is 6.96. The quantitative estimate of drug-likeness (QED) is 0.136. The van der Waals surface area contributed by atoms with E-state index in [1.54, 1.807) is 0 Å². The third kappa shape index (κ3) is 6.63. The molecule has 1 aromatic heterocycles. The molecule has 0 atom stereocenters. The molecule has 15 rings (SSSR count). The van der Waals surface area contributed by atoms with Gasteiger partial charge in [-0.1, -0.05) is 243 Å². The summed E-state index contributed by atoms with van der Waals surface area (Å²) in [4.78, 5) is 4.87. The molecule has 3 nitrogen and oxygen atoms in total. The van der Waals surface area contributed by atoms with E-state index in [-0.39, 0.29) is 0 Å². The largest absolute Gasteiger partial charge is 0.454 e. The molecular formula is C74H50N2O. The fourth-order valence-corrected chi connectivity index (χ4v) is 13.4. The molecule has 2 aliphatic carbocycles. The minimum absolute atomic E-state index is 0.556. The maximum absolute atomic E-state index is 6.96. The summed E-state index contributed by atoms with van der Waals surface area (Å²) in [5, 5.41) is 2.16. The van der Waals surface area contributed by atoms with Crippen LogP contribution in [0, 0.1) is 0 Å². The van der Waals surface area contributed by atoms with Gasteiger partial charge in [0.15, 0.2) is 5.58 Å². The summed E-state index contributed by atoms with van der Waals surface area (Å²) in [7, 11) is 0. The number of benzene rings is 12. The van der Waals surface area contributed by atoms with E-state index in [2.05, 4.69) is 313 Å². The molecule has 0 amide bonds. The predicted octanol–water partition coefficient (Wildman–Crippen LogP) is 19.3. The summed E-state index contributed by atoms with van der Waals surface area (Å²) in [5.41, 5.74) is 21.6. The van der Waals surface area contributed by atoms with Crippen molar-refractivity contribution < 1.29 is 4.42 Å². The van der Waals surface area contributed by atoms with Gasteiger partial charge in [-0.25, -0.2) is 0 Å². The Morgan fingerprint density at radius 2 is 0.649 bits per heavy atom. The van der Waals surface area contributed by atoms with Crippen LogP contribution in [-0.4, -0.2) is 0 Å². The van der Waals surface area contributed by atoms with Crippen LogP contribution in [-0.2, 0) is 10.8 Å². The molecule has 3 heteroatoms. The van der Waals surface area contributed by atoms with Gasteiger partial charge in [0.1, 0.15) is 5.58 Å².